The summed E-state index contributed by atoms with van der Waals surface area (Å²) in [6, 6.07) is 18.2. The molecule has 0 radical (unpaired) electrons. The zero-order valence-electron chi connectivity index (χ0n) is 18.5. The van der Waals surface area contributed by atoms with Gasteiger partial charge in [0.2, 0.25) is 16.8 Å². The van der Waals surface area contributed by atoms with Crippen LogP contribution in [0.4, 0.5) is 11.4 Å². The van der Waals surface area contributed by atoms with Crippen LogP contribution in [-0.4, -0.2) is 27.0 Å². The molecule has 184 valence electrons. The summed E-state index contributed by atoms with van der Waals surface area (Å²) < 4.78 is 67.6. The molecule has 0 aliphatic carbocycles. The highest BCUT2D eigenvalue weighted by Crippen LogP contribution is 2.32. The van der Waals surface area contributed by atoms with E-state index >= 15 is 0 Å². The fourth-order valence-electron chi connectivity index (χ4n) is 3.40. The van der Waals surface area contributed by atoms with Crippen LogP contribution in [0.3, 0.4) is 0 Å². The lowest BCUT2D eigenvalue weighted by molar-refractivity contribution is 0.394. The predicted octanol–water partition coefficient (Wildman–Crippen LogP) is 5.05. The molecular weight excluding hydrogens is 528 g/mol. The van der Waals surface area contributed by atoms with Gasteiger partial charge in [0, 0.05) is 29.0 Å². The van der Waals surface area contributed by atoms with Crippen LogP contribution in [0.1, 0.15) is 5.89 Å². The first-order valence-corrected chi connectivity index (χ1v) is 13.7. The third-order valence-electron chi connectivity index (χ3n) is 5.07. The van der Waals surface area contributed by atoms with Gasteiger partial charge in [-0.15, -0.1) is 0 Å². The average Bonchev–Trinajstić information content (AvgIpc) is 3.48. The monoisotopic (exact) mass is 544 g/mol. The largest absolute Gasteiger partial charge is 0.443 e. The number of aromatic nitrogens is 2. The number of sulfonamides is 2. The Kier molecular flexibility index (Phi) is 5.94. The quantitative estimate of drug-likeness (QED) is 0.290. The summed E-state index contributed by atoms with van der Waals surface area (Å²) in [5, 5.41) is 4.26. The number of hydrogen-bond acceptors (Lipinski definition) is 8. The fraction of sp³-hybridized carbons (Fsp3) is 0.0435. The van der Waals surface area contributed by atoms with Gasteiger partial charge in [-0.05, 0) is 36.4 Å². The third kappa shape index (κ3) is 4.78. The molecule has 0 atom stereocenters. The summed E-state index contributed by atoms with van der Waals surface area (Å²) in [5.41, 5.74) is 0.689. The molecule has 5 aromatic rings. The Morgan fingerprint density at radius 2 is 1.61 bits per heavy atom. The Labute approximate surface area is 211 Å². The Balaban J connectivity index is 1.47. The van der Waals surface area contributed by atoms with Crippen LogP contribution in [-0.2, 0) is 20.0 Å². The molecule has 0 fully saturated rings. The zero-order valence-corrected chi connectivity index (χ0v) is 20.9. The van der Waals surface area contributed by atoms with E-state index in [1.54, 1.807) is 37.3 Å². The zero-order chi connectivity index (χ0) is 25.5. The number of halogens is 1. The first-order valence-electron chi connectivity index (χ1n) is 10.4. The highest BCUT2D eigenvalue weighted by molar-refractivity contribution is 7.93. The van der Waals surface area contributed by atoms with Crippen LogP contribution in [0.2, 0.25) is 5.02 Å². The van der Waals surface area contributed by atoms with Gasteiger partial charge in [0.05, 0.1) is 16.3 Å². The van der Waals surface area contributed by atoms with Crippen LogP contribution in [0, 0.1) is 6.92 Å². The number of nitrogens with one attached hydrogen (secondary N) is 2. The van der Waals surface area contributed by atoms with E-state index in [2.05, 4.69) is 19.6 Å². The molecule has 2 aromatic heterocycles. The van der Waals surface area contributed by atoms with Crippen molar-refractivity contribution in [2.75, 3.05) is 9.44 Å². The summed E-state index contributed by atoms with van der Waals surface area (Å²) in [4.78, 5) is 4.01. The summed E-state index contributed by atoms with van der Waals surface area (Å²) in [6.45, 7) is 1.62. The molecular formula is C23H17ClN4O6S2. The highest BCUT2D eigenvalue weighted by Gasteiger charge is 2.23. The van der Waals surface area contributed by atoms with Crippen LogP contribution in [0.5, 0.6) is 0 Å². The second-order valence-corrected chi connectivity index (χ2v) is 11.4. The van der Waals surface area contributed by atoms with Crippen LogP contribution in [0.25, 0.3) is 22.4 Å². The maximum absolute atomic E-state index is 13.2. The lowest BCUT2D eigenvalue weighted by Gasteiger charge is -2.14. The van der Waals surface area contributed by atoms with E-state index in [0.717, 1.165) is 0 Å². The molecule has 5 rings (SSSR count). The minimum atomic E-state index is -4.21. The maximum atomic E-state index is 13.2. The summed E-state index contributed by atoms with van der Waals surface area (Å²) in [5.74, 6) is 0.564. The molecule has 0 amide bonds. The van der Waals surface area contributed by atoms with Gasteiger partial charge in [-0.3, -0.25) is 9.44 Å². The van der Waals surface area contributed by atoms with Crippen LogP contribution in [0.15, 0.2) is 91.7 Å². The van der Waals surface area contributed by atoms with Gasteiger partial charge in [-0.2, -0.15) is 13.4 Å². The molecule has 0 bridgehead atoms. The number of anilines is 2. The maximum Gasteiger partial charge on any atom is 0.295 e. The molecule has 0 spiro atoms. The van der Waals surface area contributed by atoms with Crippen molar-refractivity contribution in [1.29, 1.82) is 0 Å². The molecule has 0 aliphatic heterocycles. The summed E-state index contributed by atoms with van der Waals surface area (Å²) in [6.07, 6.45) is 0. The number of hydrogen-bond donors (Lipinski definition) is 2. The smallest absolute Gasteiger partial charge is 0.295 e. The SMILES string of the molecule is Cc1nc(-c2cccc(S(=O)(=O)Nc3ccc(Cl)cc3NS(=O)(=O)c3cc4ccccc4o3)c2)no1. The molecule has 10 nitrogen and oxygen atoms in total. The van der Waals surface area contributed by atoms with Crippen LogP contribution >= 0.6 is 11.6 Å². The molecule has 0 saturated heterocycles. The average molecular weight is 545 g/mol. The molecule has 2 heterocycles. The van der Waals surface area contributed by atoms with Gasteiger partial charge in [-0.25, -0.2) is 8.42 Å². The number of nitrogens with zero attached hydrogens (tertiary/aromatic N) is 2. The Morgan fingerprint density at radius 3 is 2.36 bits per heavy atom. The number of para-hydroxylation sites is 1. The molecule has 36 heavy (non-hydrogen) atoms. The van der Waals surface area contributed by atoms with Gasteiger partial charge in [0.1, 0.15) is 5.58 Å². The summed E-state index contributed by atoms with van der Waals surface area (Å²) >= 11 is 6.08. The molecule has 2 N–H and O–H groups in total. The molecule has 0 aliphatic rings. The molecule has 3 aromatic carbocycles. The first kappa shape index (κ1) is 23.9. The third-order valence-corrected chi connectivity index (χ3v) is 7.89. The number of rotatable bonds is 7. The van der Waals surface area contributed by atoms with Crippen molar-refractivity contribution in [3.05, 3.63) is 83.7 Å². The normalized spacial score (nSPS) is 12.1. The van der Waals surface area contributed by atoms with Crippen molar-refractivity contribution >= 4 is 54.0 Å². The highest BCUT2D eigenvalue weighted by atomic mass is 35.5. The van der Waals surface area contributed by atoms with E-state index in [-0.39, 0.29) is 32.2 Å². The lowest BCUT2D eigenvalue weighted by atomic mass is 10.2. The van der Waals surface area contributed by atoms with E-state index in [1.165, 1.54) is 42.5 Å². The summed E-state index contributed by atoms with van der Waals surface area (Å²) in [7, 11) is -8.36. The lowest BCUT2D eigenvalue weighted by Crippen LogP contribution is -2.17. The Morgan fingerprint density at radius 1 is 0.833 bits per heavy atom. The number of aryl methyl sites for hydroxylation is 1. The Bertz CT molecular complexity index is 1780. The van der Waals surface area contributed by atoms with Gasteiger partial charge in [-0.1, -0.05) is 47.1 Å². The van der Waals surface area contributed by atoms with Crippen molar-refractivity contribution in [2.45, 2.75) is 16.9 Å². The van der Waals surface area contributed by atoms with E-state index in [4.69, 9.17) is 20.5 Å². The van der Waals surface area contributed by atoms with Crippen molar-refractivity contribution in [3.8, 4) is 11.4 Å². The molecule has 0 unspecified atom stereocenters. The number of fused-ring (bicyclic) bond motifs is 1. The first-order chi connectivity index (χ1) is 17.1. The Hall–Kier alpha value is -3.87. The minimum absolute atomic E-state index is 0.0418. The van der Waals surface area contributed by atoms with Gasteiger partial charge in [0.15, 0.2) is 0 Å². The van der Waals surface area contributed by atoms with Gasteiger partial charge in [0.25, 0.3) is 20.0 Å². The number of furan rings is 1. The molecule has 0 saturated carbocycles. The van der Waals surface area contributed by atoms with E-state index in [0.29, 0.717) is 22.4 Å². The number of benzene rings is 3. The van der Waals surface area contributed by atoms with Gasteiger partial charge < -0.3 is 8.94 Å². The standard InChI is InChI=1S/C23H17ClN4O6S2/c1-14-25-23(26-34-14)16-6-4-7-18(11-16)35(29,30)27-19-10-9-17(24)13-20(19)28-36(31,32)22-12-15-5-2-3-8-21(15)33-22/h2-13,27-28H,1H3. The predicted molar refractivity (Wildman–Crippen MR) is 134 cm³/mol. The van der Waals surface area contributed by atoms with Crippen molar-refractivity contribution < 1.29 is 25.8 Å². The van der Waals surface area contributed by atoms with Gasteiger partial charge >= 0.3 is 0 Å². The topological polar surface area (TPSA) is 144 Å². The second-order valence-electron chi connectivity index (χ2n) is 7.67. The van der Waals surface area contributed by atoms with Crippen molar-refractivity contribution in [2.24, 2.45) is 0 Å². The molecule has 13 heteroatoms. The minimum Gasteiger partial charge on any atom is -0.443 e. The van der Waals surface area contributed by atoms with Crippen LogP contribution < -0.4 is 9.44 Å². The fourth-order valence-corrected chi connectivity index (χ4v) is 5.74. The van der Waals surface area contributed by atoms with E-state index in [1.807, 2.05) is 0 Å². The van der Waals surface area contributed by atoms with Crippen molar-refractivity contribution in [3.63, 3.8) is 0 Å². The van der Waals surface area contributed by atoms with E-state index < -0.39 is 20.0 Å². The van der Waals surface area contributed by atoms with E-state index in [9.17, 15) is 16.8 Å². The van der Waals surface area contributed by atoms with Crippen molar-refractivity contribution in [1.82, 2.24) is 10.1 Å². The second kappa shape index (κ2) is 8.97.